The molecular formula is C21H28F3N5O2. The Hall–Kier alpha value is -1.91. The van der Waals surface area contributed by atoms with Crippen LogP contribution in [-0.2, 0) is 4.79 Å². The van der Waals surface area contributed by atoms with Crippen LogP contribution in [0.4, 0.5) is 19.0 Å². The summed E-state index contributed by atoms with van der Waals surface area (Å²) in [4.78, 5) is 20.7. The number of pyridine rings is 1. The van der Waals surface area contributed by atoms with E-state index in [1.807, 2.05) is 12.1 Å². The van der Waals surface area contributed by atoms with Gasteiger partial charge in [-0.05, 0) is 49.1 Å². The van der Waals surface area contributed by atoms with Crippen LogP contribution in [0.3, 0.4) is 0 Å². The quantitative estimate of drug-likeness (QED) is 0.661. The van der Waals surface area contributed by atoms with E-state index in [0.717, 1.165) is 29.1 Å². The van der Waals surface area contributed by atoms with Crippen molar-refractivity contribution in [3.8, 4) is 0 Å². The molecule has 0 aromatic carbocycles. The molecule has 3 N–H and O–H groups in total. The van der Waals surface area contributed by atoms with Crippen molar-refractivity contribution in [2.45, 2.75) is 56.0 Å². The predicted octanol–water partition coefficient (Wildman–Crippen LogP) is 1.40. The van der Waals surface area contributed by atoms with Gasteiger partial charge >= 0.3 is 6.18 Å². The normalized spacial score (nSPS) is 35.9. The number of alkyl halides is 3. The third kappa shape index (κ3) is 3.89. The minimum absolute atomic E-state index is 0.00923. The molecule has 1 aromatic rings. The summed E-state index contributed by atoms with van der Waals surface area (Å²) in [5.74, 6) is -0.0244. The summed E-state index contributed by atoms with van der Waals surface area (Å²) < 4.78 is 40.1. The summed E-state index contributed by atoms with van der Waals surface area (Å²) in [5, 5.41) is 9.94. The summed E-state index contributed by atoms with van der Waals surface area (Å²) in [6.07, 6.45) is -0.327. The van der Waals surface area contributed by atoms with Crippen LogP contribution >= 0.6 is 0 Å². The van der Waals surface area contributed by atoms with E-state index >= 15 is 0 Å². The number of amides is 1. The minimum Gasteiger partial charge on any atom is -0.391 e. The van der Waals surface area contributed by atoms with Gasteiger partial charge in [-0.1, -0.05) is 6.07 Å². The molecule has 3 aliphatic heterocycles. The Bertz CT molecular complexity index is 837. The third-order valence-corrected chi connectivity index (χ3v) is 7.42. The van der Waals surface area contributed by atoms with Crippen LogP contribution in [-0.4, -0.2) is 71.4 Å². The number of nitrogens with zero attached hydrogens (tertiary/aromatic N) is 3. The van der Waals surface area contributed by atoms with E-state index in [0.29, 0.717) is 32.5 Å². The molecule has 1 amide bonds. The van der Waals surface area contributed by atoms with Gasteiger partial charge in [0.2, 0.25) is 5.91 Å². The number of halogens is 3. The number of likely N-dealkylation sites (tertiary alicyclic amines) is 1. The van der Waals surface area contributed by atoms with E-state index in [-0.39, 0.29) is 24.0 Å². The molecule has 7 nitrogen and oxygen atoms in total. The molecule has 10 heteroatoms. The number of nitrogens with one attached hydrogen (secondary N) is 2. The second kappa shape index (κ2) is 7.90. The number of hydrogen-bond acceptors (Lipinski definition) is 6. The molecule has 31 heavy (non-hydrogen) atoms. The molecule has 0 bridgehead atoms. The van der Waals surface area contributed by atoms with Gasteiger partial charge in [0.25, 0.3) is 0 Å². The standard InChI is InChI=1S/C21H28F3N5O2/c22-21(23,24)11-29-17-8-12(3-4-15(17)18-16(20(29)31)9-26-27-18)14-2-1-6-25-19(14)28-7-5-13(30)10-28/h1-2,6,12-13,15-18,26-27,30H,3-5,7-11H2. The van der Waals surface area contributed by atoms with Crippen molar-refractivity contribution in [3.63, 3.8) is 0 Å². The van der Waals surface area contributed by atoms with Gasteiger partial charge < -0.3 is 14.9 Å². The van der Waals surface area contributed by atoms with Crippen LogP contribution < -0.4 is 15.8 Å². The van der Waals surface area contributed by atoms with Gasteiger partial charge in [0, 0.05) is 37.9 Å². The minimum atomic E-state index is -4.43. The second-order valence-electron chi connectivity index (χ2n) is 9.28. The average Bonchev–Trinajstić information content (AvgIpc) is 3.39. The van der Waals surface area contributed by atoms with E-state index in [9.17, 15) is 23.1 Å². The molecule has 0 spiro atoms. The molecule has 1 saturated carbocycles. The zero-order valence-corrected chi connectivity index (χ0v) is 17.2. The van der Waals surface area contributed by atoms with Gasteiger partial charge in [0.15, 0.2) is 0 Å². The first-order valence-corrected chi connectivity index (χ1v) is 11.1. The van der Waals surface area contributed by atoms with E-state index < -0.39 is 30.6 Å². The molecule has 4 heterocycles. The van der Waals surface area contributed by atoms with E-state index in [1.54, 1.807) is 6.20 Å². The van der Waals surface area contributed by atoms with Crippen LogP contribution in [0, 0.1) is 11.8 Å². The molecule has 170 valence electrons. The SMILES string of the molecule is O=C1C2CNNC2C2CCC(c3cccnc3N3CCC(O)C3)CC2N1CC(F)(F)F. The molecule has 3 saturated heterocycles. The number of hydrazine groups is 1. The number of piperidine rings is 1. The first-order valence-electron chi connectivity index (χ1n) is 11.1. The highest BCUT2D eigenvalue weighted by atomic mass is 19.4. The van der Waals surface area contributed by atoms with Crippen molar-refractivity contribution >= 4 is 11.7 Å². The molecular weight excluding hydrogens is 411 g/mol. The Morgan fingerprint density at radius 1 is 1.26 bits per heavy atom. The van der Waals surface area contributed by atoms with Gasteiger partial charge in [-0.2, -0.15) is 13.2 Å². The lowest BCUT2D eigenvalue weighted by molar-refractivity contribution is -0.178. The zero-order chi connectivity index (χ0) is 21.8. The van der Waals surface area contributed by atoms with Crippen molar-refractivity contribution in [1.29, 1.82) is 0 Å². The molecule has 6 unspecified atom stereocenters. The summed E-state index contributed by atoms with van der Waals surface area (Å²) in [6.45, 7) is 0.401. The highest BCUT2D eigenvalue weighted by Gasteiger charge is 2.54. The van der Waals surface area contributed by atoms with Crippen molar-refractivity contribution in [3.05, 3.63) is 23.9 Å². The lowest BCUT2D eigenvalue weighted by atomic mass is 9.67. The number of β-amino-alcohol motifs (C(OH)–C–C–N with tert-alkyl or cyclic N) is 1. The zero-order valence-electron chi connectivity index (χ0n) is 17.2. The number of hydrogen-bond donors (Lipinski definition) is 3. The maximum atomic E-state index is 13.4. The van der Waals surface area contributed by atoms with Gasteiger partial charge in [-0.15, -0.1) is 0 Å². The van der Waals surface area contributed by atoms with Crippen LogP contribution in [0.25, 0.3) is 0 Å². The van der Waals surface area contributed by atoms with Crippen LogP contribution in [0.1, 0.15) is 37.2 Å². The highest BCUT2D eigenvalue weighted by Crippen LogP contribution is 2.46. The van der Waals surface area contributed by atoms with Crippen molar-refractivity contribution in [2.24, 2.45) is 11.8 Å². The topological polar surface area (TPSA) is 80.7 Å². The van der Waals surface area contributed by atoms with Gasteiger partial charge in [-0.3, -0.25) is 15.6 Å². The Labute approximate surface area is 179 Å². The van der Waals surface area contributed by atoms with Crippen LogP contribution in [0.2, 0.25) is 0 Å². The lowest BCUT2D eigenvalue weighted by Gasteiger charge is -2.50. The van der Waals surface area contributed by atoms with E-state index in [1.165, 1.54) is 0 Å². The van der Waals surface area contributed by atoms with E-state index in [4.69, 9.17) is 0 Å². The van der Waals surface area contributed by atoms with Gasteiger partial charge in [0.05, 0.1) is 12.0 Å². The van der Waals surface area contributed by atoms with Gasteiger partial charge in [-0.25, -0.2) is 4.98 Å². The number of aliphatic hydroxyl groups is 1. The summed E-state index contributed by atoms with van der Waals surface area (Å²) >= 11 is 0. The maximum Gasteiger partial charge on any atom is 0.406 e. The number of rotatable bonds is 3. The first-order chi connectivity index (χ1) is 14.8. The molecule has 1 aromatic heterocycles. The summed E-state index contributed by atoms with van der Waals surface area (Å²) in [7, 11) is 0. The molecule has 1 aliphatic carbocycles. The molecule has 4 fully saturated rings. The molecule has 4 aliphatic rings. The monoisotopic (exact) mass is 439 g/mol. The Morgan fingerprint density at radius 2 is 2.10 bits per heavy atom. The molecule has 5 rings (SSSR count). The largest absolute Gasteiger partial charge is 0.406 e. The number of aliphatic hydroxyl groups excluding tert-OH is 1. The fraction of sp³-hybridized carbons (Fsp3) is 0.714. The number of anilines is 1. The smallest absolute Gasteiger partial charge is 0.391 e. The Kier molecular flexibility index (Phi) is 5.34. The number of fused-ring (bicyclic) bond motifs is 3. The van der Waals surface area contributed by atoms with Crippen molar-refractivity contribution < 1.29 is 23.1 Å². The van der Waals surface area contributed by atoms with Crippen LogP contribution in [0.5, 0.6) is 0 Å². The molecule has 0 radical (unpaired) electrons. The fourth-order valence-corrected chi connectivity index (χ4v) is 6.08. The predicted molar refractivity (Wildman–Crippen MR) is 107 cm³/mol. The molecule has 6 atom stereocenters. The maximum absolute atomic E-state index is 13.4. The van der Waals surface area contributed by atoms with Crippen molar-refractivity contribution in [1.82, 2.24) is 20.7 Å². The van der Waals surface area contributed by atoms with Crippen LogP contribution in [0.15, 0.2) is 18.3 Å². The Balaban J connectivity index is 1.43. The average molecular weight is 439 g/mol. The van der Waals surface area contributed by atoms with E-state index in [2.05, 4.69) is 20.7 Å². The highest BCUT2D eigenvalue weighted by molar-refractivity contribution is 5.82. The van der Waals surface area contributed by atoms with Crippen molar-refractivity contribution in [2.75, 3.05) is 31.1 Å². The summed E-state index contributed by atoms with van der Waals surface area (Å²) in [5.41, 5.74) is 7.15. The van der Waals surface area contributed by atoms with Gasteiger partial charge in [0.1, 0.15) is 12.4 Å². The fourth-order valence-electron chi connectivity index (χ4n) is 6.08. The lowest BCUT2D eigenvalue weighted by Crippen LogP contribution is -2.63. The number of carbonyl (C=O) groups is 1. The first kappa shape index (κ1) is 21.0. The number of carbonyl (C=O) groups excluding carboxylic acids is 1. The number of aromatic nitrogens is 1. The Morgan fingerprint density at radius 3 is 2.84 bits per heavy atom. The summed E-state index contributed by atoms with van der Waals surface area (Å²) in [6, 6.07) is 3.27. The third-order valence-electron chi connectivity index (χ3n) is 7.42. The second-order valence-corrected chi connectivity index (χ2v) is 9.28.